The van der Waals surface area contributed by atoms with Crippen LogP contribution < -0.4 is 15.4 Å². The van der Waals surface area contributed by atoms with Crippen molar-refractivity contribution in [1.82, 2.24) is 15.1 Å². The fourth-order valence-electron chi connectivity index (χ4n) is 1.90. The maximum absolute atomic E-state index is 12.4. The average molecular weight is 342 g/mol. The summed E-state index contributed by atoms with van der Waals surface area (Å²) in [5.74, 6) is 0.697. The van der Waals surface area contributed by atoms with Gasteiger partial charge in [0, 0.05) is 18.4 Å². The molecule has 0 saturated heterocycles. The minimum absolute atomic E-state index is 0.132. The fourth-order valence-corrected chi connectivity index (χ4v) is 1.90. The van der Waals surface area contributed by atoms with Crippen molar-refractivity contribution in [3.63, 3.8) is 0 Å². The molecule has 1 aromatic heterocycles. The highest BCUT2D eigenvalue weighted by atomic mass is 19.4. The van der Waals surface area contributed by atoms with Crippen LogP contribution in [0.25, 0.3) is 0 Å². The van der Waals surface area contributed by atoms with Gasteiger partial charge in [0.1, 0.15) is 5.75 Å². The fraction of sp³-hybridized carbons (Fsp3) is 0.333. The molecule has 0 atom stereocenters. The summed E-state index contributed by atoms with van der Waals surface area (Å²) < 4.78 is 43.6. The van der Waals surface area contributed by atoms with Crippen LogP contribution in [0.5, 0.6) is 5.75 Å². The van der Waals surface area contributed by atoms with Gasteiger partial charge in [0.05, 0.1) is 13.2 Å². The van der Waals surface area contributed by atoms with Crippen LogP contribution in [0.1, 0.15) is 12.6 Å². The number of carbonyl (C=O) groups is 1. The van der Waals surface area contributed by atoms with Gasteiger partial charge >= 0.3 is 12.2 Å². The van der Waals surface area contributed by atoms with Crippen LogP contribution in [0.4, 0.5) is 23.7 Å². The number of hydrogen-bond donors (Lipinski definition) is 2. The van der Waals surface area contributed by atoms with E-state index >= 15 is 0 Å². The third kappa shape index (κ3) is 5.18. The number of ether oxygens (including phenoxy) is 1. The van der Waals surface area contributed by atoms with Gasteiger partial charge < -0.3 is 15.4 Å². The topological polar surface area (TPSA) is 68.2 Å². The molecule has 130 valence electrons. The molecule has 6 nitrogen and oxygen atoms in total. The lowest BCUT2D eigenvalue weighted by Crippen LogP contribution is -2.31. The van der Waals surface area contributed by atoms with Gasteiger partial charge in [0.2, 0.25) is 0 Å². The number of hydrogen-bond acceptors (Lipinski definition) is 3. The van der Waals surface area contributed by atoms with Gasteiger partial charge in [0.25, 0.3) is 0 Å². The van der Waals surface area contributed by atoms with Crippen molar-refractivity contribution in [2.75, 3.05) is 18.5 Å². The lowest BCUT2D eigenvalue weighted by atomic mass is 10.3. The van der Waals surface area contributed by atoms with Crippen LogP contribution in [0.2, 0.25) is 0 Å². The van der Waals surface area contributed by atoms with E-state index in [0.29, 0.717) is 18.0 Å². The Kier molecular flexibility index (Phi) is 5.67. The van der Waals surface area contributed by atoms with Gasteiger partial charge in [-0.3, -0.25) is 4.68 Å². The molecule has 2 aromatic rings. The van der Waals surface area contributed by atoms with E-state index in [0.717, 1.165) is 10.7 Å². The zero-order valence-corrected chi connectivity index (χ0v) is 12.9. The Labute approximate surface area is 136 Å². The number of nitrogens with zero attached hydrogens (tertiary/aromatic N) is 2. The minimum atomic E-state index is -4.47. The van der Waals surface area contributed by atoms with Crippen LogP contribution in [-0.4, -0.2) is 29.0 Å². The molecule has 0 aliphatic carbocycles. The SMILES string of the molecule is CCOc1ccc(NC(=O)NCCn2ccc(C(F)(F)F)n2)cc1. The highest BCUT2D eigenvalue weighted by Crippen LogP contribution is 2.27. The van der Waals surface area contributed by atoms with Crippen LogP contribution in [-0.2, 0) is 12.7 Å². The van der Waals surface area contributed by atoms with Crippen molar-refractivity contribution in [1.29, 1.82) is 0 Å². The van der Waals surface area contributed by atoms with E-state index in [4.69, 9.17) is 4.74 Å². The van der Waals surface area contributed by atoms with Crippen molar-refractivity contribution < 1.29 is 22.7 Å². The number of rotatable bonds is 6. The summed E-state index contributed by atoms with van der Waals surface area (Å²) in [6.45, 7) is 2.70. The van der Waals surface area contributed by atoms with E-state index in [-0.39, 0.29) is 13.1 Å². The smallest absolute Gasteiger partial charge is 0.435 e. The second-order valence-electron chi connectivity index (χ2n) is 4.80. The molecule has 0 saturated carbocycles. The van der Waals surface area contributed by atoms with Crippen molar-refractivity contribution in [2.24, 2.45) is 0 Å². The maximum atomic E-state index is 12.4. The van der Waals surface area contributed by atoms with Crippen molar-refractivity contribution in [3.8, 4) is 5.75 Å². The first-order valence-electron chi connectivity index (χ1n) is 7.27. The third-order valence-corrected chi connectivity index (χ3v) is 2.98. The lowest BCUT2D eigenvalue weighted by molar-refractivity contribution is -0.141. The summed E-state index contributed by atoms with van der Waals surface area (Å²) in [5, 5.41) is 8.55. The number of anilines is 1. The molecule has 9 heteroatoms. The number of amides is 2. The highest BCUT2D eigenvalue weighted by molar-refractivity contribution is 5.89. The molecular weight excluding hydrogens is 325 g/mol. The summed E-state index contributed by atoms with van der Waals surface area (Å²) in [6.07, 6.45) is -3.25. The summed E-state index contributed by atoms with van der Waals surface area (Å²) >= 11 is 0. The van der Waals surface area contributed by atoms with Crippen LogP contribution in [0.15, 0.2) is 36.5 Å². The van der Waals surface area contributed by atoms with E-state index in [9.17, 15) is 18.0 Å². The molecule has 2 N–H and O–H groups in total. The van der Waals surface area contributed by atoms with Crippen molar-refractivity contribution >= 4 is 11.7 Å². The normalized spacial score (nSPS) is 11.2. The molecule has 2 amide bonds. The van der Waals surface area contributed by atoms with E-state index in [1.54, 1.807) is 24.3 Å². The monoisotopic (exact) mass is 342 g/mol. The molecule has 0 spiro atoms. The molecule has 1 aromatic carbocycles. The molecule has 0 aliphatic rings. The van der Waals surface area contributed by atoms with Crippen LogP contribution in [0, 0.1) is 0 Å². The molecule has 0 unspecified atom stereocenters. The molecule has 0 aliphatic heterocycles. The van der Waals surface area contributed by atoms with Crippen LogP contribution in [0.3, 0.4) is 0 Å². The first-order valence-corrected chi connectivity index (χ1v) is 7.27. The highest BCUT2D eigenvalue weighted by Gasteiger charge is 2.33. The lowest BCUT2D eigenvalue weighted by Gasteiger charge is -2.09. The maximum Gasteiger partial charge on any atom is 0.435 e. The predicted molar refractivity (Wildman–Crippen MR) is 81.9 cm³/mol. The summed E-state index contributed by atoms with van der Waals surface area (Å²) in [5.41, 5.74) is -0.379. The molecule has 2 rings (SSSR count). The summed E-state index contributed by atoms with van der Waals surface area (Å²) in [6, 6.07) is 7.26. The number of nitrogens with one attached hydrogen (secondary N) is 2. The summed E-state index contributed by atoms with van der Waals surface area (Å²) in [4.78, 5) is 11.7. The standard InChI is InChI=1S/C15H17F3N4O2/c1-2-24-12-5-3-11(4-6-12)20-14(23)19-8-10-22-9-7-13(21-22)15(16,17)18/h3-7,9H,2,8,10H2,1H3,(H2,19,20,23). The first kappa shape index (κ1) is 17.6. The molecule has 1 heterocycles. The minimum Gasteiger partial charge on any atom is -0.494 e. The number of aromatic nitrogens is 2. The number of benzene rings is 1. The van der Waals surface area contributed by atoms with Crippen molar-refractivity contribution in [3.05, 3.63) is 42.2 Å². The van der Waals surface area contributed by atoms with Gasteiger partial charge in [-0.05, 0) is 37.3 Å². The van der Waals surface area contributed by atoms with Gasteiger partial charge in [-0.25, -0.2) is 4.79 Å². The predicted octanol–water partition coefficient (Wildman–Crippen LogP) is 3.12. The Bertz CT molecular complexity index is 668. The van der Waals surface area contributed by atoms with E-state index in [1.165, 1.54) is 6.20 Å². The Balaban J connectivity index is 1.76. The van der Waals surface area contributed by atoms with Crippen molar-refractivity contribution in [2.45, 2.75) is 19.6 Å². The second-order valence-corrected chi connectivity index (χ2v) is 4.80. The Morgan fingerprint density at radius 3 is 2.54 bits per heavy atom. The average Bonchev–Trinajstić information content (AvgIpc) is 2.99. The van der Waals surface area contributed by atoms with Gasteiger partial charge in [-0.15, -0.1) is 0 Å². The zero-order chi connectivity index (χ0) is 17.6. The molecule has 0 bridgehead atoms. The van der Waals surface area contributed by atoms with E-state index in [2.05, 4.69) is 15.7 Å². The second kappa shape index (κ2) is 7.71. The third-order valence-electron chi connectivity index (χ3n) is 2.98. The molecule has 0 radical (unpaired) electrons. The largest absolute Gasteiger partial charge is 0.494 e. The Hall–Kier alpha value is -2.71. The Morgan fingerprint density at radius 1 is 1.25 bits per heavy atom. The summed E-state index contributed by atoms with van der Waals surface area (Å²) in [7, 11) is 0. The Morgan fingerprint density at radius 2 is 1.96 bits per heavy atom. The van der Waals surface area contributed by atoms with Gasteiger partial charge in [0.15, 0.2) is 5.69 Å². The van der Waals surface area contributed by atoms with E-state index < -0.39 is 17.9 Å². The number of halogens is 3. The number of alkyl halides is 3. The van der Waals surface area contributed by atoms with Gasteiger partial charge in [-0.2, -0.15) is 18.3 Å². The van der Waals surface area contributed by atoms with Gasteiger partial charge in [-0.1, -0.05) is 0 Å². The van der Waals surface area contributed by atoms with E-state index in [1.807, 2.05) is 6.92 Å². The first-order chi connectivity index (χ1) is 11.4. The molecular formula is C15H17F3N4O2. The van der Waals surface area contributed by atoms with Crippen LogP contribution >= 0.6 is 0 Å². The molecule has 0 fully saturated rings. The number of urea groups is 1. The molecule has 24 heavy (non-hydrogen) atoms. The zero-order valence-electron chi connectivity index (χ0n) is 12.9. The number of carbonyl (C=O) groups excluding carboxylic acids is 1. The quantitative estimate of drug-likeness (QED) is 0.847.